The zero-order chi connectivity index (χ0) is 13.5. The van der Waals surface area contributed by atoms with E-state index in [0.717, 1.165) is 11.3 Å². The number of carbonyl (C=O) groups excluding carboxylic acids is 1. The van der Waals surface area contributed by atoms with Crippen molar-refractivity contribution < 1.29 is 4.79 Å². The number of rotatable bonds is 5. The molecule has 0 aliphatic rings. The summed E-state index contributed by atoms with van der Waals surface area (Å²) in [5, 5.41) is 14.5. The summed E-state index contributed by atoms with van der Waals surface area (Å²) in [7, 11) is 0. The van der Waals surface area contributed by atoms with Gasteiger partial charge >= 0.3 is 0 Å². The Labute approximate surface area is 107 Å². The normalized spacial score (nSPS) is 11.4. The van der Waals surface area contributed by atoms with E-state index < -0.39 is 0 Å². The fourth-order valence-corrected chi connectivity index (χ4v) is 1.58. The highest BCUT2D eigenvalue weighted by Crippen LogP contribution is 2.18. The molecular formula is C13H18N4O. The molecule has 1 aromatic rings. The van der Waals surface area contributed by atoms with E-state index in [9.17, 15) is 4.79 Å². The van der Waals surface area contributed by atoms with Crippen molar-refractivity contribution in [2.24, 2.45) is 0 Å². The van der Waals surface area contributed by atoms with Crippen LogP contribution >= 0.6 is 0 Å². The predicted octanol–water partition coefficient (Wildman–Crippen LogP) is 1.27. The number of benzene rings is 1. The number of amides is 1. The second-order valence-electron chi connectivity index (χ2n) is 4.01. The number of nitrogens with two attached hydrogens (primary N) is 1. The van der Waals surface area contributed by atoms with Crippen molar-refractivity contribution >= 4 is 17.3 Å². The van der Waals surface area contributed by atoms with Crippen LogP contribution in [0.25, 0.3) is 0 Å². The Morgan fingerprint density at radius 3 is 2.89 bits per heavy atom. The maximum absolute atomic E-state index is 11.6. The van der Waals surface area contributed by atoms with E-state index in [2.05, 4.69) is 16.7 Å². The number of nitrogens with zero attached hydrogens (tertiary/aromatic N) is 1. The Hall–Kier alpha value is -2.22. The zero-order valence-electron chi connectivity index (χ0n) is 10.7. The van der Waals surface area contributed by atoms with Crippen LogP contribution in [0.3, 0.4) is 0 Å². The van der Waals surface area contributed by atoms with Crippen LogP contribution < -0.4 is 16.4 Å². The molecule has 0 fully saturated rings. The zero-order valence-corrected chi connectivity index (χ0v) is 10.7. The highest BCUT2D eigenvalue weighted by Gasteiger charge is 2.11. The number of anilines is 2. The highest BCUT2D eigenvalue weighted by atomic mass is 16.2. The summed E-state index contributed by atoms with van der Waals surface area (Å²) < 4.78 is 0. The van der Waals surface area contributed by atoms with Crippen molar-refractivity contribution in [1.29, 1.82) is 5.26 Å². The van der Waals surface area contributed by atoms with Gasteiger partial charge in [-0.15, -0.1) is 0 Å². The third-order valence-electron chi connectivity index (χ3n) is 2.54. The second-order valence-corrected chi connectivity index (χ2v) is 4.01. The van der Waals surface area contributed by atoms with Crippen LogP contribution in [0, 0.1) is 11.3 Å². The molecule has 0 aliphatic carbocycles. The van der Waals surface area contributed by atoms with Gasteiger partial charge in [-0.25, -0.2) is 0 Å². The van der Waals surface area contributed by atoms with Crippen LogP contribution in [0.2, 0.25) is 0 Å². The van der Waals surface area contributed by atoms with Gasteiger partial charge in [0.15, 0.2) is 0 Å². The van der Waals surface area contributed by atoms with E-state index in [1.807, 2.05) is 6.92 Å². The molecule has 1 atom stereocenters. The molecule has 0 bridgehead atoms. The lowest BCUT2D eigenvalue weighted by atomic mass is 10.1. The van der Waals surface area contributed by atoms with Crippen LogP contribution in [-0.2, 0) is 11.2 Å². The van der Waals surface area contributed by atoms with Gasteiger partial charge in [0, 0.05) is 17.9 Å². The van der Waals surface area contributed by atoms with Gasteiger partial charge in [0.2, 0.25) is 5.91 Å². The molecule has 18 heavy (non-hydrogen) atoms. The first-order valence-electron chi connectivity index (χ1n) is 5.88. The lowest BCUT2D eigenvalue weighted by Gasteiger charge is -2.15. The van der Waals surface area contributed by atoms with Gasteiger partial charge in [-0.2, -0.15) is 5.26 Å². The van der Waals surface area contributed by atoms with E-state index in [-0.39, 0.29) is 18.4 Å². The van der Waals surface area contributed by atoms with Crippen LogP contribution in [0.1, 0.15) is 19.4 Å². The minimum atomic E-state index is -0.330. The standard InChI is InChI=1S/C13H18N4O/c1-3-16-13(18)9(2)17-11-4-5-12(15)10(8-11)6-7-14/h4-5,8-9,17H,3,6,15H2,1-2H3,(H,16,18). The molecule has 0 spiro atoms. The van der Waals surface area contributed by atoms with Crippen LogP contribution in [0.15, 0.2) is 18.2 Å². The molecule has 1 unspecified atom stereocenters. The molecule has 0 aromatic heterocycles. The van der Waals surface area contributed by atoms with Gasteiger partial charge < -0.3 is 16.4 Å². The summed E-state index contributed by atoms with van der Waals surface area (Å²) in [5.41, 5.74) is 7.90. The fraction of sp³-hybridized carbons (Fsp3) is 0.385. The largest absolute Gasteiger partial charge is 0.398 e. The molecule has 0 aliphatic heterocycles. The summed E-state index contributed by atoms with van der Waals surface area (Å²) in [6, 6.07) is 7.06. The van der Waals surface area contributed by atoms with Crippen LogP contribution in [0.4, 0.5) is 11.4 Å². The fourth-order valence-electron chi connectivity index (χ4n) is 1.58. The van der Waals surface area contributed by atoms with Crippen LogP contribution in [-0.4, -0.2) is 18.5 Å². The monoisotopic (exact) mass is 246 g/mol. The Bertz CT molecular complexity index is 465. The average molecular weight is 246 g/mol. The molecular weight excluding hydrogens is 228 g/mol. The van der Waals surface area contributed by atoms with E-state index in [0.29, 0.717) is 12.2 Å². The van der Waals surface area contributed by atoms with Crippen LogP contribution in [0.5, 0.6) is 0 Å². The number of hydrogen-bond acceptors (Lipinski definition) is 4. The molecule has 5 nitrogen and oxygen atoms in total. The van der Waals surface area contributed by atoms with Gasteiger partial charge in [0.1, 0.15) is 6.04 Å². The molecule has 96 valence electrons. The van der Waals surface area contributed by atoms with Crippen molar-refractivity contribution in [1.82, 2.24) is 5.32 Å². The Morgan fingerprint density at radius 1 is 1.56 bits per heavy atom. The Kier molecular flexibility index (Phi) is 5.00. The van der Waals surface area contributed by atoms with Gasteiger partial charge in [-0.3, -0.25) is 4.79 Å². The van der Waals surface area contributed by atoms with Gasteiger partial charge in [-0.05, 0) is 37.6 Å². The van der Waals surface area contributed by atoms with Crippen molar-refractivity contribution in [2.75, 3.05) is 17.6 Å². The third-order valence-corrected chi connectivity index (χ3v) is 2.54. The van der Waals surface area contributed by atoms with Gasteiger partial charge in [0.05, 0.1) is 12.5 Å². The maximum atomic E-state index is 11.6. The van der Waals surface area contributed by atoms with E-state index >= 15 is 0 Å². The minimum absolute atomic E-state index is 0.0591. The summed E-state index contributed by atoms with van der Waals surface area (Å²) in [6.07, 6.45) is 0.261. The first-order chi connectivity index (χ1) is 8.58. The van der Waals surface area contributed by atoms with Gasteiger partial charge in [0.25, 0.3) is 0 Å². The van der Waals surface area contributed by atoms with E-state index in [1.165, 1.54) is 0 Å². The summed E-state index contributed by atoms with van der Waals surface area (Å²) in [5.74, 6) is -0.0591. The molecule has 0 radical (unpaired) electrons. The first-order valence-corrected chi connectivity index (χ1v) is 5.88. The molecule has 4 N–H and O–H groups in total. The topological polar surface area (TPSA) is 90.9 Å². The molecule has 0 saturated heterocycles. The third kappa shape index (κ3) is 3.67. The SMILES string of the molecule is CCNC(=O)C(C)Nc1ccc(N)c(CC#N)c1. The highest BCUT2D eigenvalue weighted by molar-refractivity contribution is 5.84. The summed E-state index contributed by atoms with van der Waals surface area (Å²) in [6.45, 7) is 4.26. The van der Waals surface area contributed by atoms with Crippen molar-refractivity contribution in [2.45, 2.75) is 26.3 Å². The van der Waals surface area contributed by atoms with Crippen molar-refractivity contribution in [3.05, 3.63) is 23.8 Å². The number of nitriles is 1. The molecule has 5 heteroatoms. The molecule has 1 amide bonds. The van der Waals surface area contributed by atoms with Crippen molar-refractivity contribution in [3.8, 4) is 6.07 Å². The Balaban J connectivity index is 2.76. The number of hydrogen-bond donors (Lipinski definition) is 3. The van der Waals surface area contributed by atoms with Gasteiger partial charge in [-0.1, -0.05) is 0 Å². The van der Waals surface area contributed by atoms with Crippen molar-refractivity contribution in [3.63, 3.8) is 0 Å². The maximum Gasteiger partial charge on any atom is 0.242 e. The lowest BCUT2D eigenvalue weighted by molar-refractivity contribution is -0.121. The van der Waals surface area contributed by atoms with E-state index in [1.54, 1.807) is 25.1 Å². The predicted molar refractivity (Wildman–Crippen MR) is 71.9 cm³/mol. The number of carbonyl (C=O) groups is 1. The summed E-state index contributed by atoms with van der Waals surface area (Å²) >= 11 is 0. The second kappa shape index (κ2) is 6.50. The number of nitrogen functional groups attached to an aromatic ring is 1. The number of nitrogens with one attached hydrogen (secondary N) is 2. The molecule has 1 aromatic carbocycles. The molecule has 0 saturated carbocycles. The Morgan fingerprint density at radius 2 is 2.28 bits per heavy atom. The average Bonchev–Trinajstić information content (AvgIpc) is 2.34. The molecule has 1 rings (SSSR count). The molecule has 0 heterocycles. The smallest absolute Gasteiger partial charge is 0.242 e. The van der Waals surface area contributed by atoms with E-state index in [4.69, 9.17) is 11.0 Å². The number of likely N-dealkylation sites (N-methyl/N-ethyl adjacent to an activating group) is 1. The summed E-state index contributed by atoms with van der Waals surface area (Å²) in [4.78, 5) is 11.6. The lowest BCUT2D eigenvalue weighted by Crippen LogP contribution is -2.37. The minimum Gasteiger partial charge on any atom is -0.398 e. The quantitative estimate of drug-likeness (QED) is 0.682. The first kappa shape index (κ1) is 13.8.